The lowest BCUT2D eigenvalue weighted by Crippen LogP contribution is -2.54. The van der Waals surface area contributed by atoms with E-state index in [0.29, 0.717) is 6.42 Å². The highest BCUT2D eigenvalue weighted by Crippen LogP contribution is 2.42. The first-order valence-electron chi connectivity index (χ1n) is 11.0. The molecule has 1 aliphatic carbocycles. The van der Waals surface area contributed by atoms with E-state index in [0.717, 1.165) is 58.4 Å². The van der Waals surface area contributed by atoms with Gasteiger partial charge in [-0.1, -0.05) is 60.7 Å². The van der Waals surface area contributed by atoms with Gasteiger partial charge in [0.1, 0.15) is 0 Å². The van der Waals surface area contributed by atoms with Gasteiger partial charge in [-0.2, -0.15) is 0 Å². The minimum Gasteiger partial charge on any atom is -0.379 e. The molecule has 0 bridgehead atoms. The number of carbonyl (C=O) groups excluding carboxylic acids is 1. The van der Waals surface area contributed by atoms with Gasteiger partial charge >= 0.3 is 0 Å². The Bertz CT molecular complexity index is 764. The van der Waals surface area contributed by atoms with E-state index < -0.39 is 0 Å². The summed E-state index contributed by atoms with van der Waals surface area (Å²) in [5, 5.41) is 3.30. The maximum atomic E-state index is 12.5. The SMILES string of the molecule is O=C(CCc1ccccc1)NC1CCC(c2ccccc2)(N2CCOCC2)CC1. The van der Waals surface area contributed by atoms with Gasteiger partial charge in [-0.05, 0) is 43.2 Å². The van der Waals surface area contributed by atoms with Crippen molar-refractivity contribution in [2.24, 2.45) is 0 Å². The molecule has 0 unspecified atom stereocenters. The number of nitrogens with one attached hydrogen (secondary N) is 1. The molecule has 2 fully saturated rings. The first kappa shape index (κ1) is 20.1. The van der Waals surface area contributed by atoms with Crippen molar-refractivity contribution in [3.63, 3.8) is 0 Å². The number of nitrogens with zero attached hydrogens (tertiary/aromatic N) is 1. The van der Waals surface area contributed by atoms with Crippen LogP contribution < -0.4 is 5.32 Å². The van der Waals surface area contributed by atoms with Crippen molar-refractivity contribution < 1.29 is 9.53 Å². The summed E-state index contributed by atoms with van der Waals surface area (Å²) in [6, 6.07) is 21.5. The molecule has 4 rings (SSSR count). The molecule has 4 nitrogen and oxygen atoms in total. The Morgan fingerprint density at radius 3 is 2.24 bits per heavy atom. The molecule has 1 saturated heterocycles. The highest BCUT2D eigenvalue weighted by atomic mass is 16.5. The summed E-state index contributed by atoms with van der Waals surface area (Å²) >= 11 is 0. The molecular weight excluding hydrogens is 360 g/mol. The third-order valence-electron chi connectivity index (χ3n) is 6.59. The highest BCUT2D eigenvalue weighted by Gasteiger charge is 2.42. The largest absolute Gasteiger partial charge is 0.379 e. The van der Waals surface area contributed by atoms with Crippen LogP contribution in [0.5, 0.6) is 0 Å². The fourth-order valence-electron chi connectivity index (χ4n) is 4.97. The summed E-state index contributed by atoms with van der Waals surface area (Å²) in [6.45, 7) is 3.61. The molecule has 0 atom stereocenters. The zero-order chi connectivity index (χ0) is 19.9. The van der Waals surface area contributed by atoms with Gasteiger partial charge in [0.25, 0.3) is 0 Å². The number of amides is 1. The number of benzene rings is 2. The van der Waals surface area contributed by atoms with E-state index in [-0.39, 0.29) is 17.5 Å². The first-order chi connectivity index (χ1) is 14.3. The summed E-state index contributed by atoms with van der Waals surface area (Å²) in [6.07, 6.45) is 5.60. The molecule has 0 aromatic heterocycles. The van der Waals surface area contributed by atoms with Gasteiger partial charge in [0.15, 0.2) is 0 Å². The van der Waals surface area contributed by atoms with Crippen LogP contribution in [0.2, 0.25) is 0 Å². The summed E-state index contributed by atoms with van der Waals surface area (Å²) in [7, 11) is 0. The normalized spacial score (nSPS) is 25.4. The van der Waals surface area contributed by atoms with Gasteiger partial charge in [-0.25, -0.2) is 0 Å². The van der Waals surface area contributed by atoms with Crippen molar-refractivity contribution in [3.05, 3.63) is 71.8 Å². The summed E-state index contributed by atoms with van der Waals surface area (Å²) in [5.74, 6) is 0.178. The predicted molar refractivity (Wildman–Crippen MR) is 116 cm³/mol. The molecule has 1 heterocycles. The number of morpholine rings is 1. The minimum absolute atomic E-state index is 0.0797. The molecule has 29 heavy (non-hydrogen) atoms. The fourth-order valence-corrected chi connectivity index (χ4v) is 4.97. The van der Waals surface area contributed by atoms with Crippen molar-refractivity contribution in [3.8, 4) is 0 Å². The molecular formula is C25H32N2O2. The second-order valence-electron chi connectivity index (χ2n) is 8.32. The lowest BCUT2D eigenvalue weighted by Gasteiger charge is -2.50. The van der Waals surface area contributed by atoms with E-state index >= 15 is 0 Å². The molecule has 1 amide bonds. The number of hydrogen-bond donors (Lipinski definition) is 1. The molecule has 1 aliphatic heterocycles. The van der Waals surface area contributed by atoms with Gasteiger partial charge in [0.2, 0.25) is 5.91 Å². The van der Waals surface area contributed by atoms with Gasteiger partial charge < -0.3 is 10.1 Å². The number of rotatable bonds is 6. The zero-order valence-electron chi connectivity index (χ0n) is 17.2. The van der Waals surface area contributed by atoms with Crippen molar-refractivity contribution in [1.29, 1.82) is 0 Å². The topological polar surface area (TPSA) is 41.6 Å². The molecule has 2 aromatic rings. The Morgan fingerprint density at radius 2 is 1.59 bits per heavy atom. The Balaban J connectivity index is 1.36. The van der Waals surface area contributed by atoms with Crippen molar-refractivity contribution in [2.45, 2.75) is 50.1 Å². The van der Waals surface area contributed by atoms with Gasteiger partial charge in [-0.3, -0.25) is 9.69 Å². The number of ether oxygens (including phenoxy) is 1. The van der Waals surface area contributed by atoms with Crippen LogP contribution in [0.1, 0.15) is 43.2 Å². The van der Waals surface area contributed by atoms with Crippen LogP contribution in [0.3, 0.4) is 0 Å². The Labute approximate surface area is 174 Å². The molecule has 2 aliphatic rings. The van der Waals surface area contributed by atoms with Crippen LogP contribution in [0.15, 0.2) is 60.7 Å². The van der Waals surface area contributed by atoms with E-state index in [9.17, 15) is 4.79 Å². The third-order valence-corrected chi connectivity index (χ3v) is 6.59. The van der Waals surface area contributed by atoms with Crippen molar-refractivity contribution in [2.75, 3.05) is 26.3 Å². The summed E-state index contributed by atoms with van der Waals surface area (Å²) in [4.78, 5) is 15.1. The van der Waals surface area contributed by atoms with Gasteiger partial charge in [0.05, 0.1) is 13.2 Å². The quantitative estimate of drug-likeness (QED) is 0.811. The molecule has 0 spiro atoms. The zero-order valence-corrected chi connectivity index (χ0v) is 17.2. The lowest BCUT2D eigenvalue weighted by atomic mass is 9.73. The van der Waals surface area contributed by atoms with E-state index in [1.807, 2.05) is 18.2 Å². The fraction of sp³-hybridized carbons (Fsp3) is 0.480. The Morgan fingerprint density at radius 1 is 0.966 bits per heavy atom. The molecule has 1 N–H and O–H groups in total. The monoisotopic (exact) mass is 392 g/mol. The van der Waals surface area contributed by atoms with E-state index in [1.54, 1.807) is 0 Å². The smallest absolute Gasteiger partial charge is 0.220 e. The van der Waals surface area contributed by atoms with Crippen LogP contribution >= 0.6 is 0 Å². The maximum Gasteiger partial charge on any atom is 0.220 e. The average Bonchev–Trinajstić information content (AvgIpc) is 2.80. The summed E-state index contributed by atoms with van der Waals surface area (Å²) < 4.78 is 5.61. The molecule has 1 saturated carbocycles. The van der Waals surface area contributed by atoms with Crippen molar-refractivity contribution >= 4 is 5.91 Å². The maximum absolute atomic E-state index is 12.5. The standard InChI is InChI=1S/C25H32N2O2/c28-24(12-11-21-7-3-1-4-8-21)26-23-13-15-25(16-14-23,22-9-5-2-6-10-22)27-17-19-29-20-18-27/h1-10,23H,11-20H2,(H,26,28). The van der Waals surface area contributed by atoms with Crippen LogP contribution in [0, 0.1) is 0 Å². The number of carbonyl (C=O) groups is 1. The van der Waals surface area contributed by atoms with Gasteiger partial charge in [-0.15, -0.1) is 0 Å². The van der Waals surface area contributed by atoms with Crippen molar-refractivity contribution in [1.82, 2.24) is 10.2 Å². The second-order valence-corrected chi connectivity index (χ2v) is 8.32. The van der Waals surface area contributed by atoms with E-state index in [2.05, 4.69) is 52.7 Å². The van der Waals surface area contributed by atoms with Crippen LogP contribution in [-0.2, 0) is 21.5 Å². The molecule has 2 aromatic carbocycles. The Hall–Kier alpha value is -2.17. The first-order valence-corrected chi connectivity index (χ1v) is 11.0. The number of aryl methyl sites for hydroxylation is 1. The molecule has 4 heteroatoms. The lowest BCUT2D eigenvalue weighted by molar-refractivity contribution is -0.122. The minimum atomic E-state index is 0.0797. The molecule has 154 valence electrons. The van der Waals surface area contributed by atoms with Gasteiger partial charge in [0, 0.05) is 31.1 Å². The van der Waals surface area contributed by atoms with Crippen LogP contribution in [0.25, 0.3) is 0 Å². The highest BCUT2D eigenvalue weighted by molar-refractivity contribution is 5.76. The average molecular weight is 393 g/mol. The Kier molecular flexibility index (Phi) is 6.63. The van der Waals surface area contributed by atoms with Crippen LogP contribution in [0.4, 0.5) is 0 Å². The summed E-state index contributed by atoms with van der Waals surface area (Å²) in [5.41, 5.74) is 2.72. The molecule has 0 radical (unpaired) electrons. The number of hydrogen-bond acceptors (Lipinski definition) is 3. The van der Waals surface area contributed by atoms with E-state index in [1.165, 1.54) is 11.1 Å². The predicted octanol–water partition coefficient (Wildman–Crippen LogP) is 3.91. The third kappa shape index (κ3) is 4.88. The second kappa shape index (κ2) is 9.55. The van der Waals surface area contributed by atoms with Crippen LogP contribution in [-0.4, -0.2) is 43.2 Å². The van der Waals surface area contributed by atoms with E-state index in [4.69, 9.17) is 4.74 Å².